The lowest BCUT2D eigenvalue weighted by Gasteiger charge is -2.38. The van der Waals surface area contributed by atoms with Crippen LogP contribution in [0.4, 0.5) is 0 Å². The fourth-order valence-corrected chi connectivity index (χ4v) is 3.72. The van der Waals surface area contributed by atoms with Gasteiger partial charge < -0.3 is 9.64 Å². The second-order valence-electron chi connectivity index (χ2n) is 7.01. The first-order chi connectivity index (χ1) is 11.8. The van der Waals surface area contributed by atoms with Crippen LogP contribution >= 0.6 is 12.2 Å². The fourth-order valence-electron chi connectivity index (χ4n) is 3.28. The van der Waals surface area contributed by atoms with E-state index in [9.17, 15) is 9.59 Å². The van der Waals surface area contributed by atoms with Crippen molar-refractivity contribution in [1.82, 2.24) is 9.80 Å². The lowest BCUT2D eigenvalue weighted by molar-refractivity contribution is -0.953. The number of hydrogen-bond acceptors (Lipinski definition) is 5. The van der Waals surface area contributed by atoms with E-state index in [1.54, 1.807) is 0 Å². The number of quaternary nitrogens is 1. The monoisotopic (exact) mass is 369 g/mol. The number of thiocarbonyl (C=S) groups is 1. The van der Waals surface area contributed by atoms with Crippen LogP contribution in [0.15, 0.2) is 4.99 Å². The van der Waals surface area contributed by atoms with Gasteiger partial charge in [0.25, 0.3) is 0 Å². The number of rotatable bonds is 6. The van der Waals surface area contributed by atoms with E-state index in [4.69, 9.17) is 17.0 Å². The summed E-state index contributed by atoms with van der Waals surface area (Å²) in [7, 11) is 0. The van der Waals surface area contributed by atoms with E-state index in [1.807, 2.05) is 13.8 Å². The number of nitrogens with one attached hydrogen (secondary N) is 1. The van der Waals surface area contributed by atoms with E-state index in [2.05, 4.69) is 18.8 Å². The molecule has 0 aromatic rings. The van der Waals surface area contributed by atoms with E-state index < -0.39 is 5.92 Å². The zero-order valence-electron chi connectivity index (χ0n) is 15.6. The Morgan fingerprint density at radius 1 is 1.20 bits per heavy atom. The molecule has 0 saturated carbocycles. The van der Waals surface area contributed by atoms with Crippen LogP contribution in [0.3, 0.4) is 0 Å². The van der Waals surface area contributed by atoms with Crippen molar-refractivity contribution in [2.45, 2.75) is 33.2 Å². The molecule has 8 heteroatoms. The van der Waals surface area contributed by atoms with Gasteiger partial charge in [-0.3, -0.25) is 24.4 Å². The van der Waals surface area contributed by atoms with Crippen molar-refractivity contribution < 1.29 is 19.2 Å². The highest BCUT2D eigenvalue weighted by Gasteiger charge is 2.41. The van der Waals surface area contributed by atoms with Crippen LogP contribution in [0.25, 0.3) is 0 Å². The lowest BCUT2D eigenvalue weighted by Crippen LogP contribution is -3.21. The Labute approximate surface area is 155 Å². The molecule has 2 fully saturated rings. The smallest absolute Gasteiger partial charge is 0.246 e. The Bertz CT molecular complexity index is 532. The number of nitrogens with zero attached hydrogens (tertiary/aromatic N) is 3. The van der Waals surface area contributed by atoms with Crippen LogP contribution in [-0.4, -0.2) is 84.4 Å². The molecule has 2 aliphatic rings. The highest BCUT2D eigenvalue weighted by Crippen LogP contribution is 2.17. The Morgan fingerprint density at radius 2 is 1.72 bits per heavy atom. The average molecular weight is 370 g/mol. The second-order valence-corrected chi connectivity index (χ2v) is 7.38. The van der Waals surface area contributed by atoms with Crippen molar-refractivity contribution in [3.05, 3.63) is 0 Å². The molecule has 2 saturated heterocycles. The maximum Gasteiger partial charge on any atom is 0.246 e. The van der Waals surface area contributed by atoms with Gasteiger partial charge >= 0.3 is 0 Å². The summed E-state index contributed by atoms with van der Waals surface area (Å²) < 4.78 is 5.41. The standard InChI is InChI=1S/C17H28N4O3S/c1-5-20-14(22)13(15(23)21(6-2)16(20)25)11-18-12-17(3,4)19-7-9-24-10-8-19/h11,13H,5-10,12H2,1-4H3/p+1. The molecule has 2 heterocycles. The van der Waals surface area contributed by atoms with Crippen molar-refractivity contribution >= 4 is 35.4 Å². The first-order valence-electron chi connectivity index (χ1n) is 8.93. The molecule has 7 nitrogen and oxygen atoms in total. The lowest BCUT2D eigenvalue weighted by atomic mass is 10.0. The fraction of sp³-hybridized carbons (Fsp3) is 0.765. The third-order valence-corrected chi connectivity index (χ3v) is 5.39. The van der Waals surface area contributed by atoms with Gasteiger partial charge in [-0.05, 0) is 39.9 Å². The molecule has 2 amide bonds. The molecule has 140 valence electrons. The Balaban J connectivity index is 2.08. The van der Waals surface area contributed by atoms with Crippen LogP contribution in [0.2, 0.25) is 0 Å². The van der Waals surface area contributed by atoms with E-state index in [0.717, 1.165) is 26.3 Å². The summed E-state index contributed by atoms with van der Waals surface area (Å²) in [6, 6.07) is 0. The summed E-state index contributed by atoms with van der Waals surface area (Å²) in [5.41, 5.74) is -0.0643. The molecule has 2 rings (SSSR count). The van der Waals surface area contributed by atoms with Gasteiger partial charge in [-0.15, -0.1) is 0 Å². The second kappa shape index (κ2) is 8.33. The summed E-state index contributed by atoms with van der Waals surface area (Å²) >= 11 is 5.26. The van der Waals surface area contributed by atoms with Crippen molar-refractivity contribution in [2.24, 2.45) is 10.9 Å². The molecule has 0 aromatic heterocycles. The summed E-state index contributed by atoms with van der Waals surface area (Å²) in [5.74, 6) is -1.42. The molecule has 0 aliphatic carbocycles. The Morgan fingerprint density at radius 3 is 2.20 bits per heavy atom. The molecule has 25 heavy (non-hydrogen) atoms. The molecule has 0 atom stereocenters. The molecular formula is C17H29N4O3S+. The van der Waals surface area contributed by atoms with E-state index >= 15 is 0 Å². The first-order valence-corrected chi connectivity index (χ1v) is 9.33. The Hall–Kier alpha value is -1.38. The maximum absolute atomic E-state index is 12.6. The third kappa shape index (κ3) is 4.24. The van der Waals surface area contributed by atoms with Gasteiger partial charge in [0, 0.05) is 19.3 Å². The third-order valence-electron chi connectivity index (χ3n) is 4.95. The quantitative estimate of drug-likeness (QED) is 0.384. The van der Waals surface area contributed by atoms with Crippen molar-refractivity contribution in [2.75, 3.05) is 45.9 Å². The minimum Gasteiger partial charge on any atom is -0.370 e. The van der Waals surface area contributed by atoms with Gasteiger partial charge in [0.2, 0.25) is 11.8 Å². The molecule has 0 aromatic carbocycles. The largest absolute Gasteiger partial charge is 0.370 e. The van der Waals surface area contributed by atoms with Crippen LogP contribution < -0.4 is 4.90 Å². The van der Waals surface area contributed by atoms with Crippen LogP contribution in [0.1, 0.15) is 27.7 Å². The van der Waals surface area contributed by atoms with Crippen molar-refractivity contribution in [3.8, 4) is 0 Å². The van der Waals surface area contributed by atoms with Crippen molar-refractivity contribution in [3.63, 3.8) is 0 Å². The van der Waals surface area contributed by atoms with Crippen LogP contribution in [0.5, 0.6) is 0 Å². The van der Waals surface area contributed by atoms with Gasteiger partial charge in [0.1, 0.15) is 18.6 Å². The van der Waals surface area contributed by atoms with Crippen molar-refractivity contribution in [1.29, 1.82) is 0 Å². The van der Waals surface area contributed by atoms with E-state index in [-0.39, 0.29) is 17.4 Å². The normalized spacial score (nSPS) is 21.7. The molecule has 2 aliphatic heterocycles. The summed E-state index contributed by atoms with van der Waals surface area (Å²) in [6.45, 7) is 12.9. The molecule has 0 spiro atoms. The number of carbonyl (C=O) groups excluding carboxylic acids is 2. The predicted molar refractivity (Wildman–Crippen MR) is 99.8 cm³/mol. The SMILES string of the molecule is CCN1C(=O)C(C=NCC(C)(C)[NH+]2CCOCC2)C(=O)N(CC)C1=S. The molecule has 0 unspecified atom stereocenters. The van der Waals surface area contributed by atoms with E-state index in [1.165, 1.54) is 20.9 Å². The Kier molecular flexibility index (Phi) is 6.65. The van der Waals surface area contributed by atoms with Crippen LogP contribution in [-0.2, 0) is 14.3 Å². The topological polar surface area (TPSA) is 66.7 Å². The minimum absolute atomic E-state index is 0.0643. The van der Waals surface area contributed by atoms with Gasteiger partial charge in [-0.1, -0.05) is 0 Å². The van der Waals surface area contributed by atoms with Gasteiger partial charge in [0.15, 0.2) is 11.0 Å². The van der Waals surface area contributed by atoms with Crippen LogP contribution in [0, 0.1) is 5.92 Å². The number of aliphatic imine (C=N–C) groups is 1. The van der Waals surface area contributed by atoms with Gasteiger partial charge in [-0.2, -0.15) is 0 Å². The summed E-state index contributed by atoms with van der Waals surface area (Å²) in [4.78, 5) is 34.0. The number of ether oxygens (including phenoxy) is 1. The number of hydrogen-bond donors (Lipinski definition) is 1. The predicted octanol–water partition coefficient (Wildman–Crippen LogP) is -0.637. The molecular weight excluding hydrogens is 340 g/mol. The number of carbonyl (C=O) groups is 2. The van der Waals surface area contributed by atoms with Gasteiger partial charge in [0.05, 0.1) is 19.8 Å². The minimum atomic E-state index is -0.873. The molecule has 0 bridgehead atoms. The summed E-state index contributed by atoms with van der Waals surface area (Å²) in [5, 5.41) is 0.294. The molecule has 0 radical (unpaired) electrons. The number of morpholine rings is 1. The zero-order valence-corrected chi connectivity index (χ0v) is 16.4. The van der Waals surface area contributed by atoms with Gasteiger partial charge in [-0.25, -0.2) is 0 Å². The highest BCUT2D eigenvalue weighted by atomic mass is 32.1. The molecule has 1 N–H and O–H groups in total. The highest BCUT2D eigenvalue weighted by molar-refractivity contribution is 7.80. The number of amides is 2. The van der Waals surface area contributed by atoms with E-state index in [0.29, 0.717) is 24.7 Å². The first kappa shape index (κ1) is 19.9. The zero-order chi connectivity index (χ0) is 18.6. The summed E-state index contributed by atoms with van der Waals surface area (Å²) in [6.07, 6.45) is 1.51. The average Bonchev–Trinajstić information content (AvgIpc) is 2.59. The maximum atomic E-state index is 12.6.